The van der Waals surface area contributed by atoms with E-state index in [1.807, 2.05) is 0 Å². The van der Waals surface area contributed by atoms with Crippen LogP contribution >= 0.6 is 15.9 Å². The minimum Gasteiger partial charge on any atom is -0.328 e. The fourth-order valence-corrected chi connectivity index (χ4v) is 2.60. The highest BCUT2D eigenvalue weighted by Crippen LogP contribution is 2.27. The summed E-state index contributed by atoms with van der Waals surface area (Å²) in [5, 5.41) is 0. The van der Waals surface area contributed by atoms with Crippen LogP contribution in [0.25, 0.3) is 11.0 Å². The molecule has 0 amide bonds. The molecule has 2 nitrogen and oxygen atoms in total. The van der Waals surface area contributed by atoms with Gasteiger partial charge in [-0.2, -0.15) is 0 Å². The molecule has 0 saturated carbocycles. The van der Waals surface area contributed by atoms with Gasteiger partial charge < -0.3 is 4.57 Å². The van der Waals surface area contributed by atoms with Crippen molar-refractivity contribution in [2.24, 2.45) is 0 Å². The van der Waals surface area contributed by atoms with Crippen LogP contribution < -0.4 is 0 Å². The highest BCUT2D eigenvalue weighted by atomic mass is 79.9. The van der Waals surface area contributed by atoms with Crippen LogP contribution in [-0.2, 0) is 13.0 Å². The molecule has 0 saturated heterocycles. The highest BCUT2D eigenvalue weighted by molar-refractivity contribution is 9.10. The number of hydrogen-bond acceptors (Lipinski definition) is 1. The second-order valence-corrected chi connectivity index (χ2v) is 4.60. The summed E-state index contributed by atoms with van der Waals surface area (Å²) in [6, 6.07) is 6.29. The first kappa shape index (κ1) is 8.48. The summed E-state index contributed by atoms with van der Waals surface area (Å²) in [6.07, 6.45) is 3.69. The molecule has 1 aromatic carbocycles. The van der Waals surface area contributed by atoms with Crippen molar-refractivity contribution in [3.8, 4) is 0 Å². The van der Waals surface area contributed by atoms with E-state index in [-0.39, 0.29) is 0 Å². The molecule has 72 valence electrons. The summed E-state index contributed by atoms with van der Waals surface area (Å²) >= 11 is 3.55. The molecule has 0 unspecified atom stereocenters. The average Bonchev–Trinajstić information content (AvgIpc) is 2.59. The van der Waals surface area contributed by atoms with Crippen molar-refractivity contribution in [1.29, 1.82) is 0 Å². The number of fused-ring (bicyclic) bond motifs is 3. The van der Waals surface area contributed by atoms with E-state index in [0.29, 0.717) is 0 Å². The number of halogens is 1. The van der Waals surface area contributed by atoms with Crippen LogP contribution in [0.3, 0.4) is 0 Å². The van der Waals surface area contributed by atoms with E-state index in [1.54, 1.807) is 0 Å². The summed E-state index contributed by atoms with van der Waals surface area (Å²) < 4.78 is 3.46. The molecule has 0 N–H and O–H groups in total. The molecule has 0 radical (unpaired) electrons. The van der Waals surface area contributed by atoms with Crippen LogP contribution in [0.2, 0.25) is 0 Å². The van der Waals surface area contributed by atoms with Gasteiger partial charge in [0.1, 0.15) is 11.3 Å². The summed E-state index contributed by atoms with van der Waals surface area (Å²) in [4.78, 5) is 4.67. The second kappa shape index (κ2) is 3.09. The number of rotatable bonds is 0. The Labute approximate surface area is 91.1 Å². The molecular formula is C11H11BrN2. The normalized spacial score (nSPS) is 15.8. The van der Waals surface area contributed by atoms with Gasteiger partial charge in [0.2, 0.25) is 0 Å². The van der Waals surface area contributed by atoms with E-state index in [9.17, 15) is 0 Å². The van der Waals surface area contributed by atoms with Crippen molar-refractivity contribution >= 4 is 27.0 Å². The fraction of sp³-hybridized carbons (Fsp3) is 0.364. The van der Waals surface area contributed by atoms with Gasteiger partial charge in [0.25, 0.3) is 0 Å². The Hall–Kier alpha value is -0.830. The van der Waals surface area contributed by atoms with Gasteiger partial charge in [0.05, 0.1) is 5.52 Å². The summed E-state index contributed by atoms with van der Waals surface area (Å²) in [5.41, 5.74) is 2.39. The van der Waals surface area contributed by atoms with Gasteiger partial charge in [-0.25, -0.2) is 4.98 Å². The van der Waals surface area contributed by atoms with Crippen molar-refractivity contribution in [1.82, 2.24) is 9.55 Å². The van der Waals surface area contributed by atoms with Crippen LogP contribution in [-0.4, -0.2) is 9.55 Å². The van der Waals surface area contributed by atoms with E-state index in [2.05, 4.69) is 43.7 Å². The minimum absolute atomic E-state index is 1.11. The van der Waals surface area contributed by atoms with Gasteiger partial charge in [0, 0.05) is 17.4 Å². The van der Waals surface area contributed by atoms with E-state index in [1.165, 1.54) is 24.2 Å². The van der Waals surface area contributed by atoms with E-state index < -0.39 is 0 Å². The summed E-state index contributed by atoms with van der Waals surface area (Å²) in [7, 11) is 0. The number of aromatic nitrogens is 2. The van der Waals surface area contributed by atoms with Crippen LogP contribution in [0.15, 0.2) is 22.7 Å². The molecule has 0 atom stereocenters. The van der Waals surface area contributed by atoms with Gasteiger partial charge in [-0.05, 0) is 40.9 Å². The third-order valence-corrected chi connectivity index (χ3v) is 3.48. The van der Waals surface area contributed by atoms with E-state index >= 15 is 0 Å². The summed E-state index contributed by atoms with van der Waals surface area (Å²) in [5.74, 6) is 1.25. The zero-order valence-electron chi connectivity index (χ0n) is 7.83. The number of imidazole rings is 1. The maximum atomic E-state index is 4.67. The molecule has 14 heavy (non-hydrogen) atoms. The quantitative estimate of drug-likeness (QED) is 0.703. The molecule has 2 heterocycles. The van der Waals surface area contributed by atoms with Crippen LogP contribution in [0.5, 0.6) is 0 Å². The van der Waals surface area contributed by atoms with Crippen molar-refractivity contribution < 1.29 is 0 Å². The lowest BCUT2D eigenvalue weighted by atomic mass is 10.2. The first-order chi connectivity index (χ1) is 6.86. The number of benzene rings is 1. The molecule has 3 heteroatoms. The Kier molecular flexibility index (Phi) is 1.87. The van der Waals surface area contributed by atoms with Crippen LogP contribution in [0.4, 0.5) is 0 Å². The molecule has 0 aliphatic carbocycles. The Morgan fingerprint density at radius 1 is 1.29 bits per heavy atom. The van der Waals surface area contributed by atoms with Crippen molar-refractivity contribution in [3.05, 3.63) is 28.5 Å². The zero-order chi connectivity index (χ0) is 9.54. The molecule has 2 aromatic rings. The Bertz CT molecular complexity index is 487. The van der Waals surface area contributed by atoms with E-state index in [0.717, 1.165) is 23.0 Å². The maximum absolute atomic E-state index is 4.67. The predicted octanol–water partition coefficient (Wildman–Crippen LogP) is 3.14. The molecule has 1 aliphatic rings. The molecule has 3 rings (SSSR count). The van der Waals surface area contributed by atoms with Gasteiger partial charge in [-0.3, -0.25) is 0 Å². The highest BCUT2D eigenvalue weighted by Gasteiger charge is 2.15. The van der Waals surface area contributed by atoms with Crippen molar-refractivity contribution in [3.63, 3.8) is 0 Å². The molecule has 0 spiro atoms. The first-order valence-electron chi connectivity index (χ1n) is 5.00. The van der Waals surface area contributed by atoms with Crippen LogP contribution in [0.1, 0.15) is 18.7 Å². The van der Waals surface area contributed by atoms with Crippen molar-refractivity contribution in [2.75, 3.05) is 0 Å². The monoisotopic (exact) mass is 250 g/mol. The Morgan fingerprint density at radius 3 is 3.14 bits per heavy atom. The smallest absolute Gasteiger partial charge is 0.109 e. The van der Waals surface area contributed by atoms with Crippen molar-refractivity contribution in [2.45, 2.75) is 25.8 Å². The van der Waals surface area contributed by atoms with Gasteiger partial charge in [-0.15, -0.1) is 0 Å². The number of para-hydroxylation sites is 1. The molecular weight excluding hydrogens is 240 g/mol. The number of hydrogen-bond donors (Lipinski definition) is 0. The second-order valence-electron chi connectivity index (χ2n) is 3.74. The largest absolute Gasteiger partial charge is 0.328 e. The lowest BCUT2D eigenvalue weighted by molar-refractivity contribution is 0.533. The Balaban J connectivity index is 2.36. The molecule has 0 bridgehead atoms. The average molecular weight is 251 g/mol. The minimum atomic E-state index is 1.11. The SMILES string of the molecule is Brc1cccc2c1nc1n2CCCC1. The number of nitrogens with zero attached hydrogens (tertiary/aromatic N) is 2. The summed E-state index contributed by atoms with van der Waals surface area (Å²) in [6.45, 7) is 1.13. The molecule has 1 aromatic heterocycles. The zero-order valence-corrected chi connectivity index (χ0v) is 9.42. The third-order valence-electron chi connectivity index (χ3n) is 2.84. The lowest BCUT2D eigenvalue weighted by Crippen LogP contribution is -2.09. The number of aryl methyl sites for hydroxylation is 2. The predicted molar refractivity (Wildman–Crippen MR) is 60.4 cm³/mol. The lowest BCUT2D eigenvalue weighted by Gasteiger charge is -2.13. The van der Waals surface area contributed by atoms with Gasteiger partial charge >= 0.3 is 0 Å². The maximum Gasteiger partial charge on any atom is 0.109 e. The first-order valence-corrected chi connectivity index (χ1v) is 5.79. The Morgan fingerprint density at radius 2 is 2.21 bits per heavy atom. The van der Waals surface area contributed by atoms with Gasteiger partial charge in [-0.1, -0.05) is 6.07 Å². The molecule has 1 aliphatic heterocycles. The van der Waals surface area contributed by atoms with Gasteiger partial charge in [0.15, 0.2) is 0 Å². The van der Waals surface area contributed by atoms with E-state index in [4.69, 9.17) is 0 Å². The third kappa shape index (κ3) is 1.12. The standard InChI is InChI=1S/C11H11BrN2/c12-8-4-3-5-9-11(8)13-10-6-1-2-7-14(9)10/h3-5H,1-2,6-7H2. The molecule has 0 fully saturated rings. The topological polar surface area (TPSA) is 17.8 Å². The fourth-order valence-electron chi connectivity index (χ4n) is 2.15. The van der Waals surface area contributed by atoms with Crippen LogP contribution in [0, 0.1) is 0 Å².